The fourth-order valence-corrected chi connectivity index (χ4v) is 2.49. The lowest BCUT2D eigenvalue weighted by Gasteiger charge is -2.10. The summed E-state index contributed by atoms with van der Waals surface area (Å²) in [6, 6.07) is 13.6. The van der Waals surface area contributed by atoms with E-state index in [-0.39, 0.29) is 5.91 Å². The molecule has 110 valence electrons. The van der Waals surface area contributed by atoms with E-state index < -0.39 is 0 Å². The highest BCUT2D eigenvalue weighted by atomic mass is 127. The average Bonchev–Trinajstić information content (AvgIpc) is 2.48. The van der Waals surface area contributed by atoms with Crippen molar-refractivity contribution < 1.29 is 9.53 Å². The molecule has 0 aromatic heterocycles. The van der Waals surface area contributed by atoms with Crippen LogP contribution in [-0.4, -0.2) is 19.1 Å². The van der Waals surface area contributed by atoms with Crippen molar-refractivity contribution in [1.82, 2.24) is 5.32 Å². The number of aryl methyl sites for hydroxylation is 2. The lowest BCUT2D eigenvalue weighted by atomic mass is 10.1. The molecule has 2 aromatic rings. The van der Waals surface area contributed by atoms with Crippen LogP contribution in [0.15, 0.2) is 42.5 Å². The minimum atomic E-state index is -0.0596. The third kappa shape index (κ3) is 4.46. The molecule has 1 N–H and O–H groups in total. The summed E-state index contributed by atoms with van der Waals surface area (Å²) in [5.74, 6) is 0.760. The van der Waals surface area contributed by atoms with Gasteiger partial charge in [-0.25, -0.2) is 0 Å². The van der Waals surface area contributed by atoms with Gasteiger partial charge in [0.1, 0.15) is 12.4 Å². The third-order valence-electron chi connectivity index (χ3n) is 3.11. The highest BCUT2D eigenvalue weighted by Crippen LogP contribution is 2.16. The van der Waals surface area contributed by atoms with Crippen molar-refractivity contribution in [2.24, 2.45) is 0 Å². The molecule has 1 amide bonds. The Labute approximate surface area is 138 Å². The molecule has 0 aliphatic rings. The van der Waals surface area contributed by atoms with E-state index >= 15 is 0 Å². The van der Waals surface area contributed by atoms with Crippen molar-refractivity contribution in [2.45, 2.75) is 13.8 Å². The van der Waals surface area contributed by atoms with Crippen LogP contribution in [0.25, 0.3) is 0 Å². The summed E-state index contributed by atoms with van der Waals surface area (Å²) in [4.78, 5) is 12.1. The first kappa shape index (κ1) is 15.8. The van der Waals surface area contributed by atoms with Gasteiger partial charge in [0.05, 0.1) is 12.1 Å². The Hall–Kier alpha value is -1.56. The Morgan fingerprint density at radius 1 is 1.14 bits per heavy atom. The van der Waals surface area contributed by atoms with Gasteiger partial charge in [0, 0.05) is 3.57 Å². The number of ether oxygens (including phenoxy) is 1. The number of halogens is 1. The molecule has 0 radical (unpaired) electrons. The predicted octanol–water partition coefficient (Wildman–Crippen LogP) is 3.72. The average molecular weight is 395 g/mol. The van der Waals surface area contributed by atoms with Crippen molar-refractivity contribution in [3.05, 3.63) is 62.7 Å². The van der Waals surface area contributed by atoms with E-state index in [2.05, 4.69) is 27.9 Å². The van der Waals surface area contributed by atoms with E-state index in [9.17, 15) is 4.79 Å². The van der Waals surface area contributed by atoms with E-state index in [1.807, 2.05) is 56.3 Å². The lowest BCUT2D eigenvalue weighted by Crippen LogP contribution is -2.28. The molecule has 0 aliphatic heterocycles. The van der Waals surface area contributed by atoms with Crippen molar-refractivity contribution in [3.63, 3.8) is 0 Å². The molecule has 0 heterocycles. The van der Waals surface area contributed by atoms with Crippen molar-refractivity contribution in [1.29, 1.82) is 0 Å². The normalized spacial score (nSPS) is 10.2. The highest BCUT2D eigenvalue weighted by Gasteiger charge is 2.10. The number of carbonyl (C=O) groups is 1. The van der Waals surface area contributed by atoms with Crippen LogP contribution in [0.4, 0.5) is 0 Å². The van der Waals surface area contributed by atoms with Crippen LogP contribution in [0.3, 0.4) is 0 Å². The molecule has 0 fully saturated rings. The minimum absolute atomic E-state index is 0.0596. The quantitative estimate of drug-likeness (QED) is 0.619. The Kier molecular flexibility index (Phi) is 5.61. The highest BCUT2D eigenvalue weighted by molar-refractivity contribution is 14.1. The Morgan fingerprint density at radius 2 is 1.86 bits per heavy atom. The number of nitrogens with one attached hydrogen (secondary N) is 1. The Bertz CT molecular complexity index is 623. The molecule has 2 aromatic carbocycles. The summed E-state index contributed by atoms with van der Waals surface area (Å²) in [6.45, 7) is 4.97. The number of rotatable bonds is 5. The van der Waals surface area contributed by atoms with Gasteiger partial charge in [-0.3, -0.25) is 4.79 Å². The van der Waals surface area contributed by atoms with E-state index in [1.54, 1.807) is 0 Å². The monoisotopic (exact) mass is 395 g/mol. The molecule has 4 heteroatoms. The van der Waals surface area contributed by atoms with Crippen LogP contribution in [0.5, 0.6) is 5.75 Å². The molecule has 21 heavy (non-hydrogen) atoms. The molecule has 0 spiro atoms. The molecule has 0 bridgehead atoms. The maximum atomic E-state index is 12.1. The number of amides is 1. The summed E-state index contributed by atoms with van der Waals surface area (Å²) in [6.07, 6.45) is 0. The maximum Gasteiger partial charge on any atom is 0.252 e. The van der Waals surface area contributed by atoms with Crippen LogP contribution in [0, 0.1) is 17.4 Å². The Morgan fingerprint density at radius 3 is 2.57 bits per heavy atom. The van der Waals surface area contributed by atoms with Gasteiger partial charge in [-0.15, -0.1) is 0 Å². The molecular formula is C17H18INO2. The van der Waals surface area contributed by atoms with Gasteiger partial charge in [0.2, 0.25) is 0 Å². The second-order valence-electron chi connectivity index (χ2n) is 4.85. The summed E-state index contributed by atoms with van der Waals surface area (Å²) in [7, 11) is 0. The first-order valence-corrected chi connectivity index (χ1v) is 7.88. The second kappa shape index (κ2) is 7.45. The molecule has 0 unspecified atom stereocenters. The topological polar surface area (TPSA) is 38.3 Å². The summed E-state index contributed by atoms with van der Waals surface area (Å²) in [5, 5.41) is 2.88. The van der Waals surface area contributed by atoms with Crippen molar-refractivity contribution >= 4 is 28.5 Å². The standard InChI is InChI=1S/C17H18INO2/c1-12-6-8-14(9-7-12)21-11-10-19-17(20)15-5-3-4-13(2)16(15)18/h3-9H,10-11H2,1-2H3,(H,19,20). The number of hydrogen-bond acceptors (Lipinski definition) is 2. The zero-order valence-electron chi connectivity index (χ0n) is 12.2. The van der Waals surface area contributed by atoms with Crippen LogP contribution in [0.2, 0.25) is 0 Å². The summed E-state index contributed by atoms with van der Waals surface area (Å²) >= 11 is 2.20. The zero-order chi connectivity index (χ0) is 15.2. The molecule has 0 saturated carbocycles. The smallest absolute Gasteiger partial charge is 0.252 e. The van der Waals surface area contributed by atoms with Crippen LogP contribution in [0.1, 0.15) is 21.5 Å². The van der Waals surface area contributed by atoms with E-state index in [1.165, 1.54) is 5.56 Å². The fourth-order valence-electron chi connectivity index (χ4n) is 1.89. The van der Waals surface area contributed by atoms with Crippen LogP contribution >= 0.6 is 22.6 Å². The summed E-state index contributed by atoms with van der Waals surface area (Å²) < 4.78 is 6.58. The molecular weight excluding hydrogens is 377 g/mol. The molecule has 0 aliphatic carbocycles. The van der Waals surface area contributed by atoms with Gasteiger partial charge in [0.15, 0.2) is 0 Å². The first-order chi connectivity index (χ1) is 10.1. The fraction of sp³-hybridized carbons (Fsp3) is 0.235. The molecule has 0 atom stereocenters. The van der Waals surface area contributed by atoms with Gasteiger partial charge >= 0.3 is 0 Å². The predicted molar refractivity (Wildman–Crippen MR) is 92.9 cm³/mol. The van der Waals surface area contributed by atoms with Gasteiger partial charge in [-0.1, -0.05) is 29.8 Å². The number of benzene rings is 2. The third-order valence-corrected chi connectivity index (χ3v) is 4.55. The largest absolute Gasteiger partial charge is 0.492 e. The first-order valence-electron chi connectivity index (χ1n) is 6.80. The lowest BCUT2D eigenvalue weighted by molar-refractivity contribution is 0.0946. The Balaban J connectivity index is 1.82. The van der Waals surface area contributed by atoms with Crippen molar-refractivity contribution in [2.75, 3.05) is 13.2 Å². The molecule has 2 rings (SSSR count). The zero-order valence-corrected chi connectivity index (χ0v) is 14.3. The van der Waals surface area contributed by atoms with Gasteiger partial charge in [-0.05, 0) is 60.2 Å². The molecule has 0 saturated heterocycles. The van der Waals surface area contributed by atoms with E-state index in [0.29, 0.717) is 18.7 Å². The number of hydrogen-bond donors (Lipinski definition) is 1. The minimum Gasteiger partial charge on any atom is -0.492 e. The van der Waals surface area contributed by atoms with E-state index in [4.69, 9.17) is 4.74 Å². The van der Waals surface area contributed by atoms with Gasteiger partial charge < -0.3 is 10.1 Å². The number of carbonyl (C=O) groups excluding carboxylic acids is 1. The van der Waals surface area contributed by atoms with Crippen LogP contribution in [-0.2, 0) is 0 Å². The van der Waals surface area contributed by atoms with Crippen molar-refractivity contribution in [3.8, 4) is 5.75 Å². The second-order valence-corrected chi connectivity index (χ2v) is 5.93. The van der Waals surface area contributed by atoms with E-state index in [0.717, 1.165) is 14.9 Å². The molecule has 3 nitrogen and oxygen atoms in total. The van der Waals surface area contributed by atoms with Crippen LogP contribution < -0.4 is 10.1 Å². The SMILES string of the molecule is Cc1ccc(OCCNC(=O)c2cccc(C)c2I)cc1. The summed E-state index contributed by atoms with van der Waals surface area (Å²) in [5.41, 5.74) is 3.02. The maximum absolute atomic E-state index is 12.1. The van der Waals surface area contributed by atoms with Gasteiger partial charge in [-0.2, -0.15) is 0 Å². The van der Waals surface area contributed by atoms with Gasteiger partial charge in [0.25, 0.3) is 5.91 Å².